The third kappa shape index (κ3) is 1.43. The van der Waals surface area contributed by atoms with Gasteiger partial charge in [-0.05, 0) is 25.8 Å². The van der Waals surface area contributed by atoms with Crippen LogP contribution >= 0.6 is 0 Å². The maximum Gasteiger partial charge on any atom is 0.147 e. The van der Waals surface area contributed by atoms with Crippen molar-refractivity contribution < 1.29 is 5.11 Å². The van der Waals surface area contributed by atoms with Crippen LogP contribution in [-0.4, -0.2) is 14.9 Å². The third-order valence-corrected chi connectivity index (χ3v) is 1.94. The van der Waals surface area contributed by atoms with Crippen molar-refractivity contribution in [1.29, 1.82) is 0 Å². The number of aliphatic hydroxyl groups excluding tert-OH is 1. The minimum atomic E-state index is -0.469. The summed E-state index contributed by atoms with van der Waals surface area (Å²) in [6, 6.07) is 0. The Morgan fingerprint density at radius 2 is 2.27 bits per heavy atom. The fourth-order valence-corrected chi connectivity index (χ4v) is 0.983. The van der Waals surface area contributed by atoms with Crippen LogP contribution < -0.4 is 0 Å². The van der Waals surface area contributed by atoms with Crippen molar-refractivity contribution in [2.24, 2.45) is 0 Å². The van der Waals surface area contributed by atoms with Gasteiger partial charge in [-0.3, -0.25) is 0 Å². The fourth-order valence-electron chi connectivity index (χ4n) is 0.983. The molecule has 0 aliphatic rings. The quantitative estimate of drug-likeness (QED) is 0.699. The highest BCUT2D eigenvalue weighted by Gasteiger charge is 2.08. The van der Waals surface area contributed by atoms with Crippen LogP contribution in [-0.2, 0) is 0 Å². The fraction of sp³-hybridized carbons (Fsp3) is 0.625. The summed E-state index contributed by atoms with van der Waals surface area (Å²) in [5.41, 5.74) is 2.16. The van der Waals surface area contributed by atoms with Gasteiger partial charge in [-0.15, -0.1) is 0 Å². The van der Waals surface area contributed by atoms with E-state index in [-0.39, 0.29) is 0 Å². The van der Waals surface area contributed by atoms with Gasteiger partial charge in [0.1, 0.15) is 6.23 Å². The average Bonchev–Trinajstić information content (AvgIpc) is 2.32. The van der Waals surface area contributed by atoms with E-state index < -0.39 is 6.23 Å². The zero-order chi connectivity index (χ0) is 8.43. The molecule has 3 nitrogen and oxygen atoms in total. The molecule has 0 aliphatic carbocycles. The lowest BCUT2D eigenvalue weighted by molar-refractivity contribution is 0.0845. The number of rotatable bonds is 2. The molecular weight excluding hydrogens is 140 g/mol. The van der Waals surface area contributed by atoms with Gasteiger partial charge in [0.05, 0.1) is 6.20 Å². The lowest BCUT2D eigenvalue weighted by Gasteiger charge is -2.10. The Morgan fingerprint density at radius 1 is 1.64 bits per heavy atom. The first-order chi connectivity index (χ1) is 5.16. The van der Waals surface area contributed by atoms with Crippen LogP contribution in [0.2, 0.25) is 0 Å². The second-order valence-electron chi connectivity index (χ2n) is 2.75. The molecule has 0 saturated carbocycles. The summed E-state index contributed by atoms with van der Waals surface area (Å²) in [5, 5.41) is 13.5. The second kappa shape index (κ2) is 3.05. The third-order valence-electron chi connectivity index (χ3n) is 1.94. The molecule has 1 rings (SSSR count). The van der Waals surface area contributed by atoms with Crippen LogP contribution in [0.25, 0.3) is 0 Å². The molecule has 0 amide bonds. The molecule has 0 saturated heterocycles. The van der Waals surface area contributed by atoms with Crippen LogP contribution in [0.3, 0.4) is 0 Å². The van der Waals surface area contributed by atoms with Crippen LogP contribution in [0.1, 0.15) is 30.8 Å². The van der Waals surface area contributed by atoms with Gasteiger partial charge in [-0.1, -0.05) is 6.92 Å². The summed E-state index contributed by atoms with van der Waals surface area (Å²) in [4.78, 5) is 0. The van der Waals surface area contributed by atoms with E-state index in [4.69, 9.17) is 0 Å². The highest BCUT2D eigenvalue weighted by atomic mass is 16.3. The van der Waals surface area contributed by atoms with Gasteiger partial charge in [0.2, 0.25) is 0 Å². The first kappa shape index (κ1) is 8.27. The lowest BCUT2D eigenvalue weighted by Crippen LogP contribution is -2.10. The van der Waals surface area contributed by atoms with Crippen LogP contribution in [0, 0.1) is 13.8 Å². The highest BCUT2D eigenvalue weighted by Crippen LogP contribution is 2.12. The molecule has 0 aromatic carbocycles. The van der Waals surface area contributed by atoms with E-state index in [0.29, 0.717) is 6.42 Å². The van der Waals surface area contributed by atoms with Crippen molar-refractivity contribution in [3.05, 3.63) is 17.5 Å². The molecule has 1 aromatic rings. The van der Waals surface area contributed by atoms with E-state index in [0.717, 1.165) is 11.3 Å². The molecule has 1 N–H and O–H groups in total. The maximum atomic E-state index is 9.42. The smallest absolute Gasteiger partial charge is 0.147 e. The Hall–Kier alpha value is -0.830. The Bertz CT molecular complexity index is 242. The van der Waals surface area contributed by atoms with Crippen molar-refractivity contribution >= 4 is 0 Å². The molecule has 0 spiro atoms. The second-order valence-corrected chi connectivity index (χ2v) is 2.75. The van der Waals surface area contributed by atoms with Gasteiger partial charge in [0.15, 0.2) is 0 Å². The van der Waals surface area contributed by atoms with Crippen molar-refractivity contribution in [3.8, 4) is 0 Å². The van der Waals surface area contributed by atoms with Crippen molar-refractivity contribution in [2.75, 3.05) is 0 Å². The minimum absolute atomic E-state index is 0.469. The molecule has 0 bridgehead atoms. The Kier molecular flexibility index (Phi) is 2.29. The maximum absolute atomic E-state index is 9.42. The Labute approximate surface area is 66.7 Å². The number of aryl methyl sites for hydroxylation is 1. The number of hydrogen-bond donors (Lipinski definition) is 1. The van der Waals surface area contributed by atoms with Gasteiger partial charge in [-0.25, -0.2) is 4.68 Å². The van der Waals surface area contributed by atoms with Crippen molar-refractivity contribution in [3.63, 3.8) is 0 Å². The van der Waals surface area contributed by atoms with Crippen LogP contribution in [0.15, 0.2) is 6.20 Å². The summed E-state index contributed by atoms with van der Waals surface area (Å²) in [6.45, 7) is 5.88. The van der Waals surface area contributed by atoms with Crippen molar-refractivity contribution in [1.82, 2.24) is 9.78 Å². The summed E-state index contributed by atoms with van der Waals surface area (Å²) in [7, 11) is 0. The van der Waals surface area contributed by atoms with E-state index in [1.807, 2.05) is 20.8 Å². The predicted octanol–water partition coefficient (Wildman–Crippen LogP) is 1.40. The molecule has 11 heavy (non-hydrogen) atoms. The summed E-state index contributed by atoms with van der Waals surface area (Å²) < 4.78 is 1.65. The average molecular weight is 154 g/mol. The Morgan fingerprint density at radius 3 is 2.64 bits per heavy atom. The first-order valence-corrected chi connectivity index (χ1v) is 3.85. The van der Waals surface area contributed by atoms with Gasteiger partial charge >= 0.3 is 0 Å². The predicted molar refractivity (Wildman–Crippen MR) is 43.2 cm³/mol. The molecular formula is C8H14N2O. The van der Waals surface area contributed by atoms with E-state index in [2.05, 4.69) is 5.10 Å². The molecule has 1 atom stereocenters. The molecule has 0 fully saturated rings. The number of hydrogen-bond acceptors (Lipinski definition) is 2. The van der Waals surface area contributed by atoms with E-state index >= 15 is 0 Å². The monoisotopic (exact) mass is 154 g/mol. The summed E-state index contributed by atoms with van der Waals surface area (Å²) in [6.07, 6.45) is 2.00. The molecule has 3 heteroatoms. The van der Waals surface area contributed by atoms with Crippen LogP contribution in [0.4, 0.5) is 0 Å². The molecule has 62 valence electrons. The highest BCUT2D eigenvalue weighted by molar-refractivity contribution is 5.13. The first-order valence-electron chi connectivity index (χ1n) is 3.85. The normalized spacial score (nSPS) is 13.5. The lowest BCUT2D eigenvalue weighted by atomic mass is 10.3. The number of aliphatic hydroxyl groups is 1. The summed E-state index contributed by atoms with van der Waals surface area (Å²) in [5.74, 6) is 0. The standard InChI is InChI=1S/C8H14N2O/c1-4-8(11)10-7(3)6(2)5-9-10/h5,8,11H,4H2,1-3H3. The van der Waals surface area contributed by atoms with E-state index in [9.17, 15) is 5.11 Å². The summed E-state index contributed by atoms with van der Waals surface area (Å²) >= 11 is 0. The SMILES string of the molecule is CCC(O)n1ncc(C)c1C. The van der Waals surface area contributed by atoms with Crippen molar-refractivity contribution in [2.45, 2.75) is 33.4 Å². The van der Waals surface area contributed by atoms with Gasteiger partial charge in [0.25, 0.3) is 0 Å². The van der Waals surface area contributed by atoms with E-state index in [1.54, 1.807) is 10.9 Å². The zero-order valence-corrected chi connectivity index (χ0v) is 7.20. The van der Waals surface area contributed by atoms with Gasteiger partial charge in [-0.2, -0.15) is 5.10 Å². The Balaban J connectivity index is 2.94. The molecule has 1 unspecified atom stereocenters. The molecule has 0 aliphatic heterocycles. The topological polar surface area (TPSA) is 38.0 Å². The minimum Gasteiger partial charge on any atom is -0.372 e. The number of aromatic nitrogens is 2. The molecule has 1 heterocycles. The molecule has 0 radical (unpaired) electrons. The van der Waals surface area contributed by atoms with Crippen LogP contribution in [0.5, 0.6) is 0 Å². The van der Waals surface area contributed by atoms with Gasteiger partial charge in [0, 0.05) is 5.69 Å². The zero-order valence-electron chi connectivity index (χ0n) is 7.20. The number of nitrogens with zero attached hydrogens (tertiary/aromatic N) is 2. The van der Waals surface area contributed by atoms with E-state index in [1.165, 1.54) is 0 Å². The molecule has 1 aromatic heterocycles. The van der Waals surface area contributed by atoms with Gasteiger partial charge < -0.3 is 5.11 Å². The largest absolute Gasteiger partial charge is 0.372 e.